The Balaban J connectivity index is 2.50. The molecule has 0 saturated heterocycles. The summed E-state index contributed by atoms with van der Waals surface area (Å²) < 4.78 is 5.74. The molecular formula is C13H18BrNO2. The standard InChI is InChI=1S/C13H18BrNO2/c1-9-4-10(2)6-12(5-9)17-11(3)8-15-13(16)7-14/h4-6,11H,7-8H2,1-3H3,(H,15,16). The number of benzene rings is 1. The Labute approximate surface area is 111 Å². The van der Waals surface area contributed by atoms with Crippen molar-refractivity contribution in [3.05, 3.63) is 29.3 Å². The molecule has 0 spiro atoms. The Bertz CT molecular complexity index is 373. The van der Waals surface area contributed by atoms with Crippen LogP contribution in [0.2, 0.25) is 0 Å². The van der Waals surface area contributed by atoms with E-state index in [1.54, 1.807) is 0 Å². The largest absolute Gasteiger partial charge is 0.489 e. The minimum absolute atomic E-state index is 0.0270. The smallest absolute Gasteiger partial charge is 0.230 e. The lowest BCUT2D eigenvalue weighted by molar-refractivity contribution is -0.118. The van der Waals surface area contributed by atoms with Crippen LogP contribution in [-0.4, -0.2) is 23.9 Å². The second-order valence-electron chi connectivity index (χ2n) is 4.19. The molecule has 0 aliphatic carbocycles. The molecule has 0 radical (unpaired) electrons. The van der Waals surface area contributed by atoms with E-state index in [9.17, 15) is 4.79 Å². The van der Waals surface area contributed by atoms with Crippen LogP contribution in [0.5, 0.6) is 5.75 Å². The van der Waals surface area contributed by atoms with Crippen LogP contribution in [0.3, 0.4) is 0 Å². The van der Waals surface area contributed by atoms with E-state index in [4.69, 9.17) is 4.74 Å². The van der Waals surface area contributed by atoms with Gasteiger partial charge in [0.25, 0.3) is 0 Å². The van der Waals surface area contributed by atoms with Crippen molar-refractivity contribution < 1.29 is 9.53 Å². The molecule has 17 heavy (non-hydrogen) atoms. The minimum atomic E-state index is -0.0424. The van der Waals surface area contributed by atoms with Gasteiger partial charge in [0, 0.05) is 0 Å². The highest BCUT2D eigenvalue weighted by Crippen LogP contribution is 2.17. The number of hydrogen-bond acceptors (Lipinski definition) is 2. The number of ether oxygens (including phenoxy) is 1. The number of halogens is 1. The van der Waals surface area contributed by atoms with Crippen LogP contribution in [0.1, 0.15) is 18.1 Å². The number of hydrogen-bond donors (Lipinski definition) is 1. The van der Waals surface area contributed by atoms with E-state index >= 15 is 0 Å². The zero-order valence-corrected chi connectivity index (χ0v) is 12.0. The third kappa shape index (κ3) is 5.22. The van der Waals surface area contributed by atoms with Gasteiger partial charge in [-0.25, -0.2) is 0 Å². The quantitative estimate of drug-likeness (QED) is 0.849. The van der Waals surface area contributed by atoms with Crippen LogP contribution < -0.4 is 10.1 Å². The Morgan fingerprint density at radius 1 is 1.35 bits per heavy atom. The summed E-state index contributed by atoms with van der Waals surface area (Å²) in [6, 6.07) is 6.09. The molecule has 1 amide bonds. The third-order valence-corrected chi connectivity index (χ3v) is 2.75. The van der Waals surface area contributed by atoms with Crippen molar-refractivity contribution in [3.63, 3.8) is 0 Å². The number of alkyl halides is 1. The van der Waals surface area contributed by atoms with Crippen molar-refractivity contribution in [3.8, 4) is 5.75 Å². The van der Waals surface area contributed by atoms with Gasteiger partial charge >= 0.3 is 0 Å². The van der Waals surface area contributed by atoms with E-state index in [0.29, 0.717) is 11.9 Å². The average Bonchev–Trinajstić information content (AvgIpc) is 2.24. The molecule has 0 aromatic heterocycles. The topological polar surface area (TPSA) is 38.3 Å². The summed E-state index contributed by atoms with van der Waals surface area (Å²) in [4.78, 5) is 11.1. The molecule has 1 atom stereocenters. The summed E-state index contributed by atoms with van der Waals surface area (Å²) in [5.74, 6) is 0.823. The molecule has 0 aliphatic rings. The summed E-state index contributed by atoms with van der Waals surface area (Å²) in [6.07, 6.45) is -0.0424. The van der Waals surface area contributed by atoms with Gasteiger partial charge in [-0.05, 0) is 44.0 Å². The molecule has 1 aromatic carbocycles. The van der Waals surface area contributed by atoms with Gasteiger partial charge in [-0.1, -0.05) is 22.0 Å². The average molecular weight is 300 g/mol. The summed E-state index contributed by atoms with van der Waals surface area (Å²) in [7, 11) is 0. The fourth-order valence-electron chi connectivity index (χ4n) is 1.58. The summed E-state index contributed by atoms with van der Waals surface area (Å²) >= 11 is 3.10. The molecule has 3 nitrogen and oxygen atoms in total. The molecule has 1 rings (SSSR count). The number of nitrogens with one attached hydrogen (secondary N) is 1. The molecule has 94 valence electrons. The van der Waals surface area contributed by atoms with E-state index in [1.165, 1.54) is 11.1 Å². The molecule has 4 heteroatoms. The number of aryl methyl sites for hydroxylation is 2. The number of rotatable bonds is 5. The van der Waals surface area contributed by atoms with Crippen molar-refractivity contribution in [2.45, 2.75) is 26.9 Å². The molecule has 0 fully saturated rings. The maximum atomic E-state index is 11.1. The van der Waals surface area contributed by atoms with Crippen molar-refractivity contribution >= 4 is 21.8 Å². The highest BCUT2D eigenvalue weighted by Gasteiger charge is 2.06. The van der Waals surface area contributed by atoms with E-state index in [0.717, 1.165) is 5.75 Å². The Morgan fingerprint density at radius 3 is 2.47 bits per heavy atom. The third-order valence-electron chi connectivity index (χ3n) is 2.24. The van der Waals surface area contributed by atoms with Crippen LogP contribution >= 0.6 is 15.9 Å². The normalized spacial score (nSPS) is 12.0. The first-order valence-corrected chi connectivity index (χ1v) is 6.71. The molecule has 1 unspecified atom stereocenters. The summed E-state index contributed by atoms with van der Waals surface area (Å²) in [6.45, 7) is 6.53. The predicted molar refractivity (Wildman–Crippen MR) is 72.8 cm³/mol. The SMILES string of the molecule is Cc1cc(C)cc(OC(C)CNC(=O)CBr)c1. The molecule has 0 aliphatic heterocycles. The lowest BCUT2D eigenvalue weighted by Crippen LogP contribution is -2.34. The van der Waals surface area contributed by atoms with Gasteiger partial charge in [0.15, 0.2) is 0 Å². The van der Waals surface area contributed by atoms with Gasteiger partial charge in [0.05, 0.1) is 11.9 Å². The zero-order valence-electron chi connectivity index (χ0n) is 10.4. The first-order chi connectivity index (χ1) is 8.01. The Hall–Kier alpha value is -1.03. The van der Waals surface area contributed by atoms with Crippen LogP contribution in [0.15, 0.2) is 18.2 Å². The second-order valence-corrected chi connectivity index (χ2v) is 4.75. The van der Waals surface area contributed by atoms with Gasteiger partial charge < -0.3 is 10.1 Å². The molecule has 0 saturated carbocycles. The van der Waals surface area contributed by atoms with E-state index in [-0.39, 0.29) is 12.0 Å². The number of amides is 1. The van der Waals surface area contributed by atoms with Gasteiger partial charge in [0.2, 0.25) is 5.91 Å². The van der Waals surface area contributed by atoms with Crippen molar-refractivity contribution in [2.24, 2.45) is 0 Å². The maximum Gasteiger partial charge on any atom is 0.230 e. The lowest BCUT2D eigenvalue weighted by Gasteiger charge is -2.16. The molecule has 0 bridgehead atoms. The fourth-order valence-corrected chi connectivity index (χ4v) is 1.78. The number of carbonyl (C=O) groups is 1. The van der Waals surface area contributed by atoms with Crippen molar-refractivity contribution in [1.29, 1.82) is 0 Å². The van der Waals surface area contributed by atoms with Crippen LogP contribution in [0.4, 0.5) is 0 Å². The highest BCUT2D eigenvalue weighted by molar-refractivity contribution is 9.09. The second kappa shape index (κ2) is 6.64. The van der Waals surface area contributed by atoms with Crippen molar-refractivity contribution in [2.75, 3.05) is 11.9 Å². The van der Waals surface area contributed by atoms with E-state index in [1.807, 2.05) is 32.9 Å². The molecule has 1 N–H and O–H groups in total. The van der Waals surface area contributed by atoms with Crippen LogP contribution in [0, 0.1) is 13.8 Å². The Morgan fingerprint density at radius 2 is 1.94 bits per heavy atom. The van der Waals surface area contributed by atoms with Crippen molar-refractivity contribution in [1.82, 2.24) is 5.32 Å². The van der Waals surface area contributed by atoms with Gasteiger partial charge in [-0.15, -0.1) is 0 Å². The first kappa shape index (κ1) is 14.0. The first-order valence-electron chi connectivity index (χ1n) is 5.59. The minimum Gasteiger partial charge on any atom is -0.489 e. The van der Waals surface area contributed by atoms with E-state index in [2.05, 4.69) is 27.3 Å². The lowest BCUT2D eigenvalue weighted by atomic mass is 10.1. The molecular weight excluding hydrogens is 282 g/mol. The van der Waals surface area contributed by atoms with Crippen LogP contribution in [-0.2, 0) is 4.79 Å². The summed E-state index contributed by atoms with van der Waals surface area (Å²) in [5.41, 5.74) is 2.35. The predicted octanol–water partition coefficient (Wildman–Crippen LogP) is 2.58. The van der Waals surface area contributed by atoms with Crippen LogP contribution in [0.25, 0.3) is 0 Å². The monoisotopic (exact) mass is 299 g/mol. The fraction of sp³-hybridized carbons (Fsp3) is 0.462. The molecule has 0 heterocycles. The maximum absolute atomic E-state index is 11.1. The highest BCUT2D eigenvalue weighted by atomic mass is 79.9. The Kier molecular flexibility index (Phi) is 5.48. The van der Waals surface area contributed by atoms with Gasteiger partial charge in [-0.3, -0.25) is 4.79 Å². The zero-order chi connectivity index (χ0) is 12.8. The summed E-state index contributed by atoms with van der Waals surface area (Å²) in [5, 5.41) is 3.09. The molecule has 1 aromatic rings. The number of carbonyl (C=O) groups excluding carboxylic acids is 1. The van der Waals surface area contributed by atoms with Gasteiger partial charge in [0.1, 0.15) is 11.9 Å². The van der Waals surface area contributed by atoms with Gasteiger partial charge in [-0.2, -0.15) is 0 Å². The van der Waals surface area contributed by atoms with E-state index < -0.39 is 0 Å².